The van der Waals surface area contributed by atoms with Crippen LogP contribution in [0.15, 0.2) is 29.2 Å². The smallest absolute Gasteiger partial charge is 0.377 e. The van der Waals surface area contributed by atoms with Gasteiger partial charge < -0.3 is 11.1 Å². The summed E-state index contributed by atoms with van der Waals surface area (Å²) in [6.07, 6.45) is 1.42. The third-order valence-electron chi connectivity index (χ3n) is 3.13. The van der Waals surface area contributed by atoms with Gasteiger partial charge in [0.25, 0.3) is 9.84 Å². The van der Waals surface area contributed by atoms with Gasteiger partial charge in [0.05, 0.1) is 10.6 Å². The number of nitrogens with two attached hydrogens (primary N) is 1. The summed E-state index contributed by atoms with van der Waals surface area (Å²) in [4.78, 5) is -0.762. The molecule has 0 bridgehead atoms. The fourth-order valence-electron chi connectivity index (χ4n) is 1.75. The Morgan fingerprint density at radius 2 is 1.84 bits per heavy atom. The van der Waals surface area contributed by atoms with E-state index in [9.17, 15) is 21.6 Å². The van der Waals surface area contributed by atoms with E-state index >= 15 is 0 Å². The zero-order valence-corrected chi connectivity index (χ0v) is 10.7. The summed E-state index contributed by atoms with van der Waals surface area (Å²) in [5.41, 5.74) is -0.316. The molecule has 0 atom stereocenters. The Balaban J connectivity index is 2.43. The summed E-state index contributed by atoms with van der Waals surface area (Å²) in [6.45, 7) is 0.243. The van der Waals surface area contributed by atoms with Crippen LogP contribution in [0.2, 0.25) is 0 Å². The number of sulfone groups is 1. The normalized spacial score (nSPS) is 18.1. The highest BCUT2D eigenvalue weighted by Gasteiger charge is 2.49. The zero-order valence-electron chi connectivity index (χ0n) is 9.87. The number of benzene rings is 1. The molecule has 0 radical (unpaired) electrons. The van der Waals surface area contributed by atoms with Crippen LogP contribution in [-0.2, 0) is 9.84 Å². The average molecular weight is 294 g/mol. The quantitative estimate of drug-likeness (QED) is 0.889. The van der Waals surface area contributed by atoms with E-state index in [0.29, 0.717) is 12.8 Å². The van der Waals surface area contributed by atoms with Crippen LogP contribution in [-0.4, -0.2) is 26.0 Å². The van der Waals surface area contributed by atoms with Gasteiger partial charge in [-0.25, -0.2) is 8.42 Å². The number of rotatable bonds is 4. The fourth-order valence-corrected chi connectivity index (χ4v) is 2.66. The topological polar surface area (TPSA) is 72.2 Å². The maximum atomic E-state index is 12.6. The van der Waals surface area contributed by atoms with Crippen molar-refractivity contribution in [3.05, 3.63) is 24.3 Å². The lowest BCUT2D eigenvalue weighted by molar-refractivity contribution is -0.0435. The third kappa shape index (κ3) is 2.55. The molecule has 0 aliphatic heterocycles. The number of hydrogen-bond donors (Lipinski definition) is 2. The van der Waals surface area contributed by atoms with Crippen molar-refractivity contribution in [2.75, 3.05) is 11.9 Å². The third-order valence-corrected chi connectivity index (χ3v) is 4.67. The number of halogens is 3. The summed E-state index contributed by atoms with van der Waals surface area (Å²) in [6, 6.07) is 4.99. The molecular formula is C11H13F3N2O2S. The molecule has 1 saturated carbocycles. The first-order valence-corrected chi connectivity index (χ1v) is 7.09. The Labute approximate surface area is 108 Å². The first kappa shape index (κ1) is 14.1. The summed E-state index contributed by atoms with van der Waals surface area (Å²) in [5, 5.41) is 2.82. The van der Waals surface area contributed by atoms with Crippen LogP contribution in [0.5, 0.6) is 0 Å². The van der Waals surface area contributed by atoms with Crippen LogP contribution in [0, 0.1) is 0 Å². The van der Waals surface area contributed by atoms with E-state index in [1.54, 1.807) is 0 Å². The Hall–Kier alpha value is -1.28. The molecular weight excluding hydrogens is 281 g/mol. The van der Waals surface area contributed by atoms with Crippen LogP contribution in [0.3, 0.4) is 0 Å². The van der Waals surface area contributed by atoms with Crippen LogP contribution >= 0.6 is 0 Å². The summed E-state index contributed by atoms with van der Waals surface area (Å²) >= 11 is 0. The Kier molecular flexibility index (Phi) is 3.26. The molecule has 1 aliphatic rings. The molecule has 19 heavy (non-hydrogen) atoms. The van der Waals surface area contributed by atoms with Gasteiger partial charge in [0, 0.05) is 12.1 Å². The van der Waals surface area contributed by atoms with Gasteiger partial charge in [-0.2, -0.15) is 13.2 Å². The molecule has 0 amide bonds. The van der Waals surface area contributed by atoms with Crippen molar-refractivity contribution in [1.82, 2.24) is 0 Å². The van der Waals surface area contributed by atoms with E-state index in [2.05, 4.69) is 5.32 Å². The van der Waals surface area contributed by atoms with Crippen molar-refractivity contribution in [3.8, 4) is 0 Å². The fraction of sp³-hybridized carbons (Fsp3) is 0.455. The second-order valence-corrected chi connectivity index (χ2v) is 6.46. The van der Waals surface area contributed by atoms with Gasteiger partial charge in [-0.05, 0) is 25.0 Å². The van der Waals surface area contributed by atoms with Crippen LogP contribution in [0.25, 0.3) is 0 Å². The molecule has 2 rings (SSSR count). The number of hydrogen-bond acceptors (Lipinski definition) is 4. The lowest BCUT2D eigenvalue weighted by atomic mass is 10.2. The maximum Gasteiger partial charge on any atom is 0.501 e. The lowest BCUT2D eigenvalue weighted by Gasteiger charge is -2.19. The van der Waals surface area contributed by atoms with E-state index in [-0.39, 0.29) is 12.2 Å². The minimum Gasteiger partial charge on any atom is -0.377 e. The van der Waals surface area contributed by atoms with Gasteiger partial charge in [-0.3, -0.25) is 0 Å². The Morgan fingerprint density at radius 3 is 2.32 bits per heavy atom. The molecule has 0 unspecified atom stereocenters. The van der Waals surface area contributed by atoms with Crippen LogP contribution in [0.4, 0.5) is 18.9 Å². The average Bonchev–Trinajstić information content (AvgIpc) is 3.08. The maximum absolute atomic E-state index is 12.6. The molecule has 1 aliphatic carbocycles. The first-order chi connectivity index (χ1) is 8.72. The highest BCUT2D eigenvalue weighted by atomic mass is 32.2. The molecule has 4 nitrogen and oxygen atoms in total. The largest absolute Gasteiger partial charge is 0.501 e. The number of anilines is 1. The monoisotopic (exact) mass is 294 g/mol. The summed E-state index contributed by atoms with van der Waals surface area (Å²) < 4.78 is 60.7. The standard InChI is InChI=1S/C11H13F3N2O2S/c12-11(13,14)19(17,18)9-4-2-1-3-8(9)16-10(7-15)5-6-10/h1-4,16H,5-7,15H2. The highest BCUT2D eigenvalue weighted by molar-refractivity contribution is 7.92. The molecule has 0 heterocycles. The van der Waals surface area contributed by atoms with Crippen molar-refractivity contribution in [3.63, 3.8) is 0 Å². The van der Waals surface area contributed by atoms with Gasteiger partial charge in [-0.15, -0.1) is 0 Å². The minimum atomic E-state index is -5.36. The van der Waals surface area contributed by atoms with E-state index in [1.165, 1.54) is 18.2 Å². The van der Waals surface area contributed by atoms with E-state index in [1.807, 2.05) is 0 Å². The number of para-hydroxylation sites is 1. The van der Waals surface area contributed by atoms with Crippen molar-refractivity contribution >= 4 is 15.5 Å². The van der Waals surface area contributed by atoms with Gasteiger partial charge in [0.2, 0.25) is 0 Å². The molecule has 3 N–H and O–H groups in total. The van der Waals surface area contributed by atoms with Gasteiger partial charge in [0.1, 0.15) is 0 Å². The lowest BCUT2D eigenvalue weighted by Crippen LogP contribution is -2.32. The molecule has 1 fully saturated rings. The molecule has 1 aromatic rings. The molecule has 8 heteroatoms. The molecule has 0 aromatic heterocycles. The minimum absolute atomic E-state index is 0.0530. The highest BCUT2D eigenvalue weighted by Crippen LogP contribution is 2.41. The molecule has 0 spiro atoms. The zero-order chi connectivity index (χ0) is 14.3. The second kappa shape index (κ2) is 4.38. The number of nitrogens with one attached hydrogen (secondary N) is 1. The summed E-state index contributed by atoms with van der Waals surface area (Å²) in [7, 11) is -5.36. The summed E-state index contributed by atoms with van der Waals surface area (Å²) in [5.74, 6) is 0. The molecule has 106 valence electrons. The SMILES string of the molecule is NCC1(Nc2ccccc2S(=O)(=O)C(F)(F)F)CC1. The predicted octanol–water partition coefficient (Wildman–Crippen LogP) is 1.88. The van der Waals surface area contributed by atoms with Crippen molar-refractivity contribution in [1.29, 1.82) is 0 Å². The first-order valence-electron chi connectivity index (χ1n) is 5.60. The Morgan fingerprint density at radius 1 is 1.26 bits per heavy atom. The van der Waals surface area contributed by atoms with E-state index < -0.39 is 25.8 Å². The molecule has 1 aromatic carbocycles. The predicted molar refractivity (Wildman–Crippen MR) is 64.3 cm³/mol. The number of alkyl halides is 3. The van der Waals surface area contributed by atoms with E-state index in [0.717, 1.165) is 6.07 Å². The van der Waals surface area contributed by atoms with Gasteiger partial charge in [-0.1, -0.05) is 12.1 Å². The van der Waals surface area contributed by atoms with Gasteiger partial charge >= 0.3 is 5.51 Å². The molecule has 0 saturated heterocycles. The van der Waals surface area contributed by atoms with Crippen molar-refractivity contribution in [2.45, 2.75) is 28.8 Å². The Bertz CT molecular complexity index is 580. The van der Waals surface area contributed by atoms with Crippen LogP contribution in [0.1, 0.15) is 12.8 Å². The van der Waals surface area contributed by atoms with Crippen molar-refractivity contribution < 1.29 is 21.6 Å². The van der Waals surface area contributed by atoms with E-state index in [4.69, 9.17) is 5.73 Å². The second-order valence-electron chi connectivity index (χ2n) is 4.55. The van der Waals surface area contributed by atoms with Crippen LogP contribution < -0.4 is 11.1 Å². The van der Waals surface area contributed by atoms with Gasteiger partial charge in [0.15, 0.2) is 0 Å². The van der Waals surface area contributed by atoms with Crippen molar-refractivity contribution in [2.24, 2.45) is 5.73 Å².